The van der Waals surface area contributed by atoms with E-state index in [1.807, 2.05) is 30.4 Å². The lowest BCUT2D eigenvalue weighted by Gasteiger charge is -2.10. The lowest BCUT2D eigenvalue weighted by Crippen LogP contribution is -1.93. The van der Waals surface area contributed by atoms with Gasteiger partial charge in [0.05, 0.1) is 6.61 Å². The molecule has 0 aliphatic heterocycles. The third kappa shape index (κ3) is 3.19. The van der Waals surface area contributed by atoms with Gasteiger partial charge in [0.2, 0.25) is 0 Å². The summed E-state index contributed by atoms with van der Waals surface area (Å²) in [6.07, 6.45) is 6.61. The summed E-state index contributed by atoms with van der Waals surface area (Å²) in [6, 6.07) is 10.2. The first kappa shape index (κ1) is 10.7. The third-order valence-electron chi connectivity index (χ3n) is 2.12. The second kappa shape index (κ2) is 6.17. The first-order valence-corrected chi connectivity index (χ1v) is 4.82. The van der Waals surface area contributed by atoms with Crippen LogP contribution < -0.4 is 0 Å². The minimum absolute atomic E-state index is 0.0977. The Morgan fingerprint density at radius 1 is 1.29 bits per heavy atom. The maximum atomic E-state index is 8.72. The molecule has 0 spiro atoms. The van der Waals surface area contributed by atoms with Crippen molar-refractivity contribution >= 4 is 0 Å². The van der Waals surface area contributed by atoms with Crippen molar-refractivity contribution in [2.75, 3.05) is 6.61 Å². The summed E-state index contributed by atoms with van der Waals surface area (Å²) in [6.45, 7) is 3.84. The van der Waals surface area contributed by atoms with Crippen molar-refractivity contribution in [1.82, 2.24) is 0 Å². The van der Waals surface area contributed by atoms with Crippen molar-refractivity contribution in [3.8, 4) is 0 Å². The number of hydrogen-bond acceptors (Lipinski definition) is 1. The second-order valence-electron chi connectivity index (χ2n) is 3.15. The minimum atomic E-state index is 0.0977. The van der Waals surface area contributed by atoms with E-state index in [9.17, 15) is 0 Å². The van der Waals surface area contributed by atoms with Crippen LogP contribution in [-0.2, 0) is 0 Å². The van der Waals surface area contributed by atoms with Gasteiger partial charge in [-0.1, -0.05) is 48.6 Å². The van der Waals surface area contributed by atoms with Gasteiger partial charge in [0.1, 0.15) is 0 Å². The monoisotopic (exact) mass is 188 g/mol. The first-order valence-electron chi connectivity index (χ1n) is 4.82. The average Bonchev–Trinajstić information content (AvgIpc) is 2.25. The molecule has 0 fully saturated rings. The van der Waals surface area contributed by atoms with E-state index in [0.717, 1.165) is 6.42 Å². The number of aliphatic hydroxyl groups is 1. The molecule has 74 valence electrons. The van der Waals surface area contributed by atoms with E-state index in [1.54, 1.807) is 6.08 Å². The molecule has 1 aromatic carbocycles. The molecule has 14 heavy (non-hydrogen) atoms. The molecule has 0 bridgehead atoms. The standard InChI is InChI=1S/C13H16O/c1-2-7-12(10-6-11-14)13-8-4-3-5-9-13/h2-6,8-10,12,14H,1,7,11H2. The van der Waals surface area contributed by atoms with E-state index in [1.165, 1.54) is 5.56 Å². The number of aliphatic hydroxyl groups excluding tert-OH is 1. The van der Waals surface area contributed by atoms with Crippen LogP contribution in [0.4, 0.5) is 0 Å². The van der Waals surface area contributed by atoms with Crippen molar-refractivity contribution < 1.29 is 5.11 Å². The smallest absolute Gasteiger partial charge is 0.0612 e. The number of hydrogen-bond donors (Lipinski definition) is 1. The fourth-order valence-electron chi connectivity index (χ4n) is 1.43. The molecule has 1 atom stereocenters. The summed E-state index contributed by atoms with van der Waals surface area (Å²) in [5, 5.41) is 8.72. The molecule has 0 saturated carbocycles. The predicted octanol–water partition coefficient (Wildman–Crippen LogP) is 2.89. The van der Waals surface area contributed by atoms with E-state index in [2.05, 4.69) is 18.7 Å². The van der Waals surface area contributed by atoms with Gasteiger partial charge in [-0.05, 0) is 12.0 Å². The van der Waals surface area contributed by atoms with Crippen LogP contribution in [0, 0.1) is 0 Å². The van der Waals surface area contributed by atoms with Gasteiger partial charge in [0.25, 0.3) is 0 Å². The highest BCUT2D eigenvalue weighted by atomic mass is 16.2. The van der Waals surface area contributed by atoms with E-state index < -0.39 is 0 Å². The van der Waals surface area contributed by atoms with Gasteiger partial charge in [0.15, 0.2) is 0 Å². The molecule has 1 rings (SSSR count). The number of rotatable bonds is 5. The molecule has 0 aliphatic rings. The van der Waals surface area contributed by atoms with Gasteiger partial charge >= 0.3 is 0 Å². The third-order valence-corrected chi connectivity index (χ3v) is 2.12. The normalized spacial score (nSPS) is 12.9. The lowest BCUT2D eigenvalue weighted by molar-refractivity contribution is 0.342. The Morgan fingerprint density at radius 3 is 2.57 bits per heavy atom. The Morgan fingerprint density at radius 2 is 2.00 bits per heavy atom. The van der Waals surface area contributed by atoms with Crippen LogP contribution in [0.3, 0.4) is 0 Å². The Bertz CT molecular complexity index is 287. The predicted molar refractivity (Wildman–Crippen MR) is 60.2 cm³/mol. The van der Waals surface area contributed by atoms with Crippen molar-refractivity contribution in [2.24, 2.45) is 0 Å². The molecule has 0 amide bonds. The molecule has 0 saturated heterocycles. The topological polar surface area (TPSA) is 20.2 Å². The van der Waals surface area contributed by atoms with Crippen molar-refractivity contribution in [3.63, 3.8) is 0 Å². The van der Waals surface area contributed by atoms with Crippen molar-refractivity contribution in [3.05, 3.63) is 60.7 Å². The summed E-state index contributed by atoms with van der Waals surface area (Å²) in [4.78, 5) is 0. The molecule has 1 aromatic rings. The van der Waals surface area contributed by atoms with Crippen molar-refractivity contribution in [2.45, 2.75) is 12.3 Å². The van der Waals surface area contributed by atoms with E-state index in [4.69, 9.17) is 5.11 Å². The maximum Gasteiger partial charge on any atom is 0.0612 e. The molecule has 0 heterocycles. The Hall–Kier alpha value is -1.34. The summed E-state index contributed by atoms with van der Waals surface area (Å²) in [5.41, 5.74) is 1.26. The van der Waals surface area contributed by atoms with E-state index >= 15 is 0 Å². The van der Waals surface area contributed by atoms with Gasteiger partial charge in [0, 0.05) is 5.92 Å². The Labute approximate surface area is 85.4 Å². The fraction of sp³-hybridized carbons (Fsp3) is 0.231. The zero-order valence-corrected chi connectivity index (χ0v) is 8.26. The van der Waals surface area contributed by atoms with Crippen LogP contribution in [0.5, 0.6) is 0 Å². The van der Waals surface area contributed by atoms with Crippen LogP contribution in [0.25, 0.3) is 0 Å². The molecule has 0 aromatic heterocycles. The zero-order valence-electron chi connectivity index (χ0n) is 8.26. The highest BCUT2D eigenvalue weighted by Crippen LogP contribution is 2.20. The molecular formula is C13H16O. The van der Waals surface area contributed by atoms with Gasteiger partial charge in [-0.2, -0.15) is 0 Å². The van der Waals surface area contributed by atoms with Gasteiger partial charge in [-0.15, -0.1) is 6.58 Å². The number of benzene rings is 1. The van der Waals surface area contributed by atoms with Crippen LogP contribution in [0.1, 0.15) is 17.9 Å². The quantitative estimate of drug-likeness (QED) is 0.704. The van der Waals surface area contributed by atoms with E-state index in [-0.39, 0.29) is 6.61 Å². The molecule has 1 nitrogen and oxygen atoms in total. The van der Waals surface area contributed by atoms with Gasteiger partial charge in [-0.25, -0.2) is 0 Å². The van der Waals surface area contributed by atoms with E-state index in [0.29, 0.717) is 5.92 Å². The van der Waals surface area contributed by atoms with Crippen molar-refractivity contribution in [1.29, 1.82) is 0 Å². The largest absolute Gasteiger partial charge is 0.392 e. The lowest BCUT2D eigenvalue weighted by atomic mass is 9.95. The van der Waals surface area contributed by atoms with Crippen LogP contribution in [0.2, 0.25) is 0 Å². The molecule has 1 heteroatoms. The number of allylic oxidation sites excluding steroid dienone is 2. The summed E-state index contributed by atoms with van der Waals surface area (Å²) in [5.74, 6) is 0.334. The molecule has 1 N–H and O–H groups in total. The van der Waals surface area contributed by atoms with Crippen LogP contribution in [0.15, 0.2) is 55.1 Å². The summed E-state index contributed by atoms with van der Waals surface area (Å²) < 4.78 is 0. The Kier molecular flexibility index (Phi) is 4.73. The van der Waals surface area contributed by atoms with Crippen LogP contribution >= 0.6 is 0 Å². The minimum Gasteiger partial charge on any atom is -0.392 e. The summed E-state index contributed by atoms with van der Waals surface area (Å²) in [7, 11) is 0. The molecule has 0 aliphatic carbocycles. The first-order chi connectivity index (χ1) is 6.88. The molecule has 1 unspecified atom stereocenters. The highest BCUT2D eigenvalue weighted by molar-refractivity contribution is 5.24. The Balaban J connectivity index is 2.77. The highest BCUT2D eigenvalue weighted by Gasteiger charge is 2.04. The second-order valence-corrected chi connectivity index (χ2v) is 3.15. The van der Waals surface area contributed by atoms with Crippen LogP contribution in [-0.4, -0.2) is 11.7 Å². The van der Waals surface area contributed by atoms with Gasteiger partial charge in [-0.3, -0.25) is 0 Å². The zero-order chi connectivity index (χ0) is 10.2. The summed E-state index contributed by atoms with van der Waals surface area (Å²) >= 11 is 0. The SMILES string of the molecule is C=CCC(C=CCO)c1ccccc1. The maximum absolute atomic E-state index is 8.72. The molecular weight excluding hydrogens is 172 g/mol. The van der Waals surface area contributed by atoms with Gasteiger partial charge < -0.3 is 5.11 Å². The fourth-order valence-corrected chi connectivity index (χ4v) is 1.43. The average molecular weight is 188 g/mol. The molecule has 0 radical (unpaired) electrons.